The molecule has 6 nitrogen and oxygen atoms in total. The Labute approximate surface area is 116 Å². The number of hydrogen-bond donors (Lipinski definition) is 1. The highest BCUT2D eigenvalue weighted by Crippen LogP contribution is 2.18. The second kappa shape index (κ2) is 4.96. The molecule has 0 bridgehead atoms. The SMILES string of the molecule is NC(=O)C1CC(c2ccc(C(=O)N3CCC3)cc2)=NO1. The Morgan fingerprint density at radius 1 is 1.25 bits per heavy atom. The van der Waals surface area contributed by atoms with Crippen LogP contribution >= 0.6 is 0 Å². The smallest absolute Gasteiger partial charge is 0.261 e. The summed E-state index contributed by atoms with van der Waals surface area (Å²) in [6, 6.07) is 7.18. The minimum Gasteiger partial charge on any atom is -0.382 e. The molecule has 104 valence electrons. The van der Waals surface area contributed by atoms with Gasteiger partial charge >= 0.3 is 0 Å². The van der Waals surface area contributed by atoms with Crippen molar-refractivity contribution in [3.05, 3.63) is 35.4 Å². The van der Waals surface area contributed by atoms with Crippen molar-refractivity contribution in [2.45, 2.75) is 18.9 Å². The van der Waals surface area contributed by atoms with Crippen molar-refractivity contribution >= 4 is 17.5 Å². The second-order valence-electron chi connectivity index (χ2n) is 4.96. The van der Waals surface area contributed by atoms with Crippen LogP contribution in [0, 0.1) is 0 Å². The number of hydrogen-bond acceptors (Lipinski definition) is 4. The third-order valence-electron chi connectivity index (χ3n) is 3.59. The van der Waals surface area contributed by atoms with Crippen LogP contribution in [0.3, 0.4) is 0 Å². The number of carbonyl (C=O) groups is 2. The van der Waals surface area contributed by atoms with Crippen molar-refractivity contribution in [2.75, 3.05) is 13.1 Å². The molecular formula is C14H15N3O3. The Bertz CT molecular complexity index is 576. The Kier molecular flexibility index (Phi) is 3.14. The van der Waals surface area contributed by atoms with Crippen molar-refractivity contribution in [1.82, 2.24) is 4.90 Å². The van der Waals surface area contributed by atoms with E-state index in [1.54, 1.807) is 12.1 Å². The van der Waals surface area contributed by atoms with Gasteiger partial charge in [-0.3, -0.25) is 9.59 Å². The molecule has 1 saturated heterocycles. The first-order valence-corrected chi connectivity index (χ1v) is 6.57. The molecule has 0 spiro atoms. The molecule has 2 amide bonds. The summed E-state index contributed by atoms with van der Waals surface area (Å²) < 4.78 is 0. The fourth-order valence-electron chi connectivity index (χ4n) is 2.21. The number of nitrogens with zero attached hydrogens (tertiary/aromatic N) is 2. The fraction of sp³-hybridized carbons (Fsp3) is 0.357. The summed E-state index contributed by atoms with van der Waals surface area (Å²) in [6.07, 6.45) is 0.758. The van der Waals surface area contributed by atoms with Gasteiger partial charge in [0.15, 0.2) is 0 Å². The number of oxime groups is 1. The summed E-state index contributed by atoms with van der Waals surface area (Å²) in [7, 11) is 0. The number of amides is 2. The molecule has 2 aliphatic heterocycles. The van der Waals surface area contributed by atoms with Crippen LogP contribution in [0.25, 0.3) is 0 Å². The maximum absolute atomic E-state index is 12.0. The summed E-state index contributed by atoms with van der Waals surface area (Å²) in [5.74, 6) is -0.462. The summed E-state index contributed by atoms with van der Waals surface area (Å²) in [5, 5.41) is 3.87. The maximum atomic E-state index is 12.0. The average Bonchev–Trinajstić information content (AvgIpc) is 2.86. The van der Waals surface area contributed by atoms with Gasteiger partial charge in [-0.15, -0.1) is 0 Å². The van der Waals surface area contributed by atoms with Crippen LogP contribution in [0.2, 0.25) is 0 Å². The Morgan fingerprint density at radius 3 is 2.45 bits per heavy atom. The third-order valence-corrected chi connectivity index (χ3v) is 3.59. The second-order valence-corrected chi connectivity index (χ2v) is 4.96. The molecule has 0 radical (unpaired) electrons. The lowest BCUT2D eigenvalue weighted by atomic mass is 10.0. The van der Waals surface area contributed by atoms with Gasteiger partial charge in [-0.05, 0) is 24.1 Å². The summed E-state index contributed by atoms with van der Waals surface area (Å²) in [5.41, 5.74) is 7.35. The predicted octanol–water partition coefficient (Wildman–Crippen LogP) is 0.511. The van der Waals surface area contributed by atoms with Gasteiger partial charge in [0, 0.05) is 25.1 Å². The summed E-state index contributed by atoms with van der Waals surface area (Å²) in [4.78, 5) is 29.8. The van der Waals surface area contributed by atoms with Crippen molar-refractivity contribution in [3.63, 3.8) is 0 Å². The standard InChI is InChI=1S/C14H15N3O3/c15-13(18)12-8-11(16-20-12)9-2-4-10(5-3-9)14(19)17-6-1-7-17/h2-5,12H,1,6-8H2,(H2,15,18). The zero-order chi connectivity index (χ0) is 14.1. The molecule has 0 aliphatic carbocycles. The number of benzene rings is 1. The lowest BCUT2D eigenvalue weighted by molar-refractivity contribution is -0.127. The molecule has 1 aromatic rings. The molecule has 1 aromatic carbocycles. The van der Waals surface area contributed by atoms with Crippen LogP contribution in [0.4, 0.5) is 0 Å². The molecule has 3 rings (SSSR count). The van der Waals surface area contributed by atoms with Gasteiger partial charge in [0.25, 0.3) is 11.8 Å². The molecule has 2 heterocycles. The molecule has 0 aromatic heterocycles. The van der Waals surface area contributed by atoms with Crippen LogP contribution < -0.4 is 5.73 Å². The van der Waals surface area contributed by atoms with Gasteiger partial charge < -0.3 is 15.5 Å². The van der Waals surface area contributed by atoms with E-state index in [1.165, 1.54) is 0 Å². The normalized spacial score (nSPS) is 20.9. The maximum Gasteiger partial charge on any atom is 0.261 e. The van der Waals surface area contributed by atoms with Gasteiger partial charge in [-0.1, -0.05) is 17.3 Å². The summed E-state index contributed by atoms with van der Waals surface area (Å²) in [6.45, 7) is 1.67. The van der Waals surface area contributed by atoms with Gasteiger partial charge in [-0.25, -0.2) is 0 Å². The van der Waals surface area contributed by atoms with Crippen LogP contribution in [-0.4, -0.2) is 41.6 Å². The Balaban J connectivity index is 1.70. The average molecular weight is 273 g/mol. The molecular weight excluding hydrogens is 258 g/mol. The molecule has 1 fully saturated rings. The highest BCUT2D eigenvalue weighted by molar-refractivity contribution is 6.04. The van der Waals surface area contributed by atoms with Crippen molar-refractivity contribution in [3.8, 4) is 0 Å². The summed E-state index contributed by atoms with van der Waals surface area (Å²) >= 11 is 0. The van der Waals surface area contributed by atoms with E-state index in [0.717, 1.165) is 25.1 Å². The molecule has 2 N–H and O–H groups in total. The molecule has 1 atom stereocenters. The van der Waals surface area contributed by atoms with Crippen molar-refractivity contribution < 1.29 is 14.4 Å². The lowest BCUT2D eigenvalue weighted by Crippen LogP contribution is -2.41. The van der Waals surface area contributed by atoms with E-state index >= 15 is 0 Å². The lowest BCUT2D eigenvalue weighted by Gasteiger charge is -2.30. The monoisotopic (exact) mass is 273 g/mol. The first kappa shape index (κ1) is 12.7. The van der Waals surface area contributed by atoms with Crippen LogP contribution in [0.1, 0.15) is 28.8 Å². The molecule has 6 heteroatoms. The van der Waals surface area contributed by atoms with E-state index in [4.69, 9.17) is 10.6 Å². The zero-order valence-corrected chi connectivity index (χ0v) is 10.9. The minimum atomic E-state index is -0.688. The van der Waals surface area contributed by atoms with E-state index < -0.39 is 12.0 Å². The highest BCUT2D eigenvalue weighted by atomic mass is 16.6. The number of nitrogens with two attached hydrogens (primary N) is 1. The molecule has 0 saturated carbocycles. The first-order valence-electron chi connectivity index (χ1n) is 6.57. The molecule has 20 heavy (non-hydrogen) atoms. The first-order chi connectivity index (χ1) is 9.65. The topological polar surface area (TPSA) is 85.0 Å². The van der Waals surface area contributed by atoms with Crippen LogP contribution in [-0.2, 0) is 9.63 Å². The van der Waals surface area contributed by atoms with Crippen molar-refractivity contribution in [1.29, 1.82) is 0 Å². The third kappa shape index (κ3) is 2.24. The Hall–Kier alpha value is -2.37. The number of carbonyl (C=O) groups excluding carboxylic acids is 2. The van der Waals surface area contributed by atoms with E-state index in [-0.39, 0.29) is 5.91 Å². The van der Waals surface area contributed by atoms with Crippen LogP contribution in [0.15, 0.2) is 29.4 Å². The minimum absolute atomic E-state index is 0.0578. The quantitative estimate of drug-likeness (QED) is 0.870. The Morgan fingerprint density at radius 2 is 1.95 bits per heavy atom. The number of rotatable bonds is 3. The van der Waals surface area contributed by atoms with Gasteiger partial charge in [0.2, 0.25) is 6.10 Å². The fourth-order valence-corrected chi connectivity index (χ4v) is 2.21. The van der Waals surface area contributed by atoms with Gasteiger partial charge in [-0.2, -0.15) is 0 Å². The van der Waals surface area contributed by atoms with Gasteiger partial charge in [0.05, 0.1) is 5.71 Å². The largest absolute Gasteiger partial charge is 0.382 e. The van der Waals surface area contributed by atoms with E-state index in [0.29, 0.717) is 17.7 Å². The number of primary amides is 1. The molecule has 2 aliphatic rings. The van der Waals surface area contributed by atoms with Crippen molar-refractivity contribution in [2.24, 2.45) is 10.9 Å². The zero-order valence-electron chi connectivity index (χ0n) is 10.9. The van der Waals surface area contributed by atoms with E-state index in [9.17, 15) is 9.59 Å². The predicted molar refractivity (Wildman–Crippen MR) is 72.2 cm³/mol. The highest BCUT2D eigenvalue weighted by Gasteiger charge is 2.27. The van der Waals surface area contributed by atoms with Crippen LogP contribution in [0.5, 0.6) is 0 Å². The van der Waals surface area contributed by atoms with Gasteiger partial charge in [0.1, 0.15) is 0 Å². The number of likely N-dealkylation sites (tertiary alicyclic amines) is 1. The van der Waals surface area contributed by atoms with E-state index in [1.807, 2.05) is 17.0 Å². The van der Waals surface area contributed by atoms with E-state index in [2.05, 4.69) is 5.16 Å². The molecule has 1 unspecified atom stereocenters.